The van der Waals surface area contributed by atoms with Gasteiger partial charge in [0.15, 0.2) is 0 Å². The van der Waals surface area contributed by atoms with Crippen LogP contribution in [0.1, 0.15) is 43.9 Å². The third-order valence-corrected chi connectivity index (χ3v) is 7.83. The number of rotatable bonds is 8. The molecule has 1 aromatic carbocycles. The van der Waals surface area contributed by atoms with Gasteiger partial charge in [-0.25, -0.2) is 9.07 Å². The lowest BCUT2D eigenvalue weighted by atomic mass is 9.57. The predicted octanol–water partition coefficient (Wildman–Crippen LogP) is 6.50. The molecule has 32 heavy (non-hydrogen) atoms. The van der Waals surface area contributed by atoms with E-state index in [0.717, 1.165) is 48.4 Å². The lowest BCUT2D eigenvalue weighted by molar-refractivity contribution is 0.0449. The Balaban J connectivity index is 1.66. The first-order valence-electron chi connectivity index (χ1n) is 11.2. The second kappa shape index (κ2) is 9.63. The average molecular weight is 451 g/mol. The van der Waals surface area contributed by atoms with E-state index in [1.165, 1.54) is 23.3 Å². The molecule has 1 heterocycles. The number of nitrogens with zero attached hydrogens (tertiary/aromatic N) is 2. The summed E-state index contributed by atoms with van der Waals surface area (Å²) < 4.78 is 15.3. The van der Waals surface area contributed by atoms with E-state index in [1.54, 1.807) is 23.9 Å². The predicted molar refractivity (Wildman–Crippen MR) is 132 cm³/mol. The van der Waals surface area contributed by atoms with Crippen LogP contribution in [0.15, 0.2) is 72.3 Å². The van der Waals surface area contributed by atoms with Crippen molar-refractivity contribution in [1.82, 2.24) is 9.78 Å². The Labute approximate surface area is 194 Å². The van der Waals surface area contributed by atoms with Crippen LogP contribution in [0, 0.1) is 17.2 Å². The minimum Gasteiger partial charge on any atom is -0.388 e. The second-order valence-electron chi connectivity index (χ2n) is 8.96. The number of aromatic nitrogens is 2. The van der Waals surface area contributed by atoms with Gasteiger partial charge in [0, 0.05) is 5.75 Å². The summed E-state index contributed by atoms with van der Waals surface area (Å²) in [5.41, 5.74) is 5.39. The molecule has 0 saturated heterocycles. The van der Waals surface area contributed by atoms with Crippen LogP contribution in [0.4, 0.5) is 4.39 Å². The van der Waals surface area contributed by atoms with Gasteiger partial charge in [-0.15, -0.1) is 24.9 Å². The molecule has 1 fully saturated rings. The van der Waals surface area contributed by atoms with E-state index >= 15 is 0 Å². The number of thioether (sulfide) groups is 1. The lowest BCUT2D eigenvalue weighted by Crippen LogP contribution is -2.43. The summed E-state index contributed by atoms with van der Waals surface area (Å²) >= 11 is 1.67. The summed E-state index contributed by atoms with van der Waals surface area (Å²) in [5, 5.41) is 18.2. The zero-order valence-electron chi connectivity index (χ0n) is 18.6. The largest absolute Gasteiger partial charge is 0.388 e. The number of halogens is 1. The minimum absolute atomic E-state index is 0.120. The topological polar surface area (TPSA) is 38.1 Å². The Morgan fingerprint density at radius 1 is 1.34 bits per heavy atom. The molecular weight excluding hydrogens is 419 g/mol. The zero-order valence-corrected chi connectivity index (χ0v) is 19.5. The van der Waals surface area contributed by atoms with Gasteiger partial charge >= 0.3 is 0 Å². The molecule has 5 heteroatoms. The monoisotopic (exact) mass is 450 g/mol. The van der Waals surface area contributed by atoms with E-state index in [-0.39, 0.29) is 17.2 Å². The fourth-order valence-corrected chi connectivity index (χ4v) is 5.94. The molecular formula is C27H31FN2OS. The molecule has 3 atom stereocenters. The summed E-state index contributed by atoms with van der Waals surface area (Å²) in [6, 6.07) is 6.45. The number of hydrogen-bond acceptors (Lipinski definition) is 3. The summed E-state index contributed by atoms with van der Waals surface area (Å²) in [6.45, 7) is 9.98. The molecule has 1 N–H and O–H groups in total. The minimum atomic E-state index is -0.507. The number of allylic oxidation sites excluding steroid dienone is 2. The van der Waals surface area contributed by atoms with Gasteiger partial charge in [0.1, 0.15) is 5.82 Å². The van der Waals surface area contributed by atoms with Gasteiger partial charge in [0.05, 0.1) is 23.7 Å². The Bertz CT molecular complexity index is 1050. The summed E-state index contributed by atoms with van der Waals surface area (Å²) in [7, 11) is 0. The van der Waals surface area contributed by atoms with Crippen molar-refractivity contribution in [1.29, 1.82) is 0 Å². The molecule has 0 aliphatic heterocycles. The van der Waals surface area contributed by atoms with E-state index in [2.05, 4.69) is 36.7 Å². The number of aliphatic hydroxyl groups excluding tert-OH is 1. The van der Waals surface area contributed by atoms with Crippen LogP contribution in [0.3, 0.4) is 0 Å². The number of benzene rings is 1. The van der Waals surface area contributed by atoms with Crippen LogP contribution >= 0.6 is 11.8 Å². The van der Waals surface area contributed by atoms with E-state index in [4.69, 9.17) is 0 Å². The van der Waals surface area contributed by atoms with Crippen LogP contribution in [0.5, 0.6) is 0 Å². The van der Waals surface area contributed by atoms with Crippen LogP contribution < -0.4 is 0 Å². The first kappa shape index (κ1) is 22.8. The average Bonchev–Trinajstić information content (AvgIpc) is 3.18. The van der Waals surface area contributed by atoms with Crippen molar-refractivity contribution >= 4 is 17.8 Å². The number of aliphatic hydroxyl groups is 1. The van der Waals surface area contributed by atoms with Crippen LogP contribution in [0.2, 0.25) is 0 Å². The Morgan fingerprint density at radius 2 is 2.12 bits per heavy atom. The van der Waals surface area contributed by atoms with Crippen molar-refractivity contribution in [3.63, 3.8) is 0 Å². The van der Waals surface area contributed by atoms with Crippen LogP contribution in [-0.4, -0.2) is 26.7 Å². The molecule has 1 saturated carbocycles. The lowest BCUT2D eigenvalue weighted by Gasteiger charge is -2.48. The highest BCUT2D eigenvalue weighted by Gasteiger charge is 2.46. The molecule has 3 unspecified atom stereocenters. The van der Waals surface area contributed by atoms with Gasteiger partial charge in [-0.2, -0.15) is 5.10 Å². The first-order chi connectivity index (χ1) is 15.5. The molecule has 0 bridgehead atoms. The molecule has 168 valence electrons. The van der Waals surface area contributed by atoms with Gasteiger partial charge in [-0.1, -0.05) is 24.6 Å². The standard InChI is InChI=1S/C27H31FN2OS/c1-4-7-19(18-32-14-5-2)26(31)24-9-6-8-21-15-25-20(16-27(21,24)3)17-29-30(25)23-12-10-22(28)11-13-23/h4-5,10-13,15,17-18,24,26,31H,1-2,6-9,14,16H2,3H3/b19-18+. The van der Waals surface area contributed by atoms with Crippen molar-refractivity contribution in [2.24, 2.45) is 11.3 Å². The number of fused-ring (bicyclic) bond motifs is 2. The van der Waals surface area contributed by atoms with Gasteiger partial charge in [-0.3, -0.25) is 0 Å². The van der Waals surface area contributed by atoms with Gasteiger partial charge in [0.25, 0.3) is 0 Å². The van der Waals surface area contributed by atoms with Gasteiger partial charge in [0.2, 0.25) is 0 Å². The second-order valence-corrected chi connectivity index (χ2v) is 9.86. The Kier molecular flexibility index (Phi) is 6.87. The normalized spacial score (nSPS) is 23.7. The Hall–Kier alpha value is -2.37. The molecule has 0 amide bonds. The maximum Gasteiger partial charge on any atom is 0.123 e. The first-order valence-corrected chi connectivity index (χ1v) is 12.3. The van der Waals surface area contributed by atoms with Crippen molar-refractivity contribution < 1.29 is 9.50 Å². The maximum atomic E-state index is 13.4. The maximum absolute atomic E-state index is 13.4. The van der Waals surface area contributed by atoms with Crippen molar-refractivity contribution in [2.45, 2.75) is 45.1 Å². The van der Waals surface area contributed by atoms with Crippen molar-refractivity contribution in [2.75, 3.05) is 5.75 Å². The fraction of sp³-hybridized carbons (Fsp3) is 0.370. The highest BCUT2D eigenvalue weighted by atomic mass is 32.2. The summed E-state index contributed by atoms with van der Waals surface area (Å²) in [5.74, 6) is 0.714. The molecule has 1 aromatic heterocycles. The molecule has 2 aliphatic carbocycles. The van der Waals surface area contributed by atoms with Crippen molar-refractivity contribution in [3.8, 4) is 5.69 Å². The Morgan fingerprint density at radius 3 is 2.84 bits per heavy atom. The third kappa shape index (κ3) is 4.28. The number of hydrogen-bond donors (Lipinski definition) is 1. The van der Waals surface area contributed by atoms with Gasteiger partial charge < -0.3 is 5.11 Å². The van der Waals surface area contributed by atoms with Gasteiger partial charge in [-0.05, 0) is 90.3 Å². The quantitative estimate of drug-likeness (QED) is 0.369. The summed E-state index contributed by atoms with van der Waals surface area (Å²) in [4.78, 5) is 0. The molecule has 3 nitrogen and oxygen atoms in total. The van der Waals surface area contributed by atoms with E-state index in [9.17, 15) is 9.50 Å². The summed E-state index contributed by atoms with van der Waals surface area (Å²) in [6.07, 6.45) is 12.0. The highest BCUT2D eigenvalue weighted by Crippen LogP contribution is 2.53. The zero-order chi connectivity index (χ0) is 22.7. The van der Waals surface area contributed by atoms with Crippen molar-refractivity contribution in [3.05, 3.63) is 89.4 Å². The molecule has 2 aliphatic rings. The molecule has 4 rings (SSSR count). The fourth-order valence-electron chi connectivity index (χ4n) is 5.26. The van der Waals surface area contributed by atoms with E-state index < -0.39 is 6.10 Å². The van der Waals surface area contributed by atoms with E-state index in [1.807, 2.05) is 23.0 Å². The molecule has 0 radical (unpaired) electrons. The van der Waals surface area contributed by atoms with Crippen LogP contribution in [0.25, 0.3) is 11.8 Å². The SMILES string of the molecule is C=CCS/C=C(\CC=C)C(O)C1CCCC2=Cc3c(cnn3-c3ccc(F)cc3)CC21C. The van der Waals surface area contributed by atoms with E-state index in [0.29, 0.717) is 6.42 Å². The molecule has 2 aromatic rings. The smallest absolute Gasteiger partial charge is 0.123 e. The highest BCUT2D eigenvalue weighted by molar-refractivity contribution is 8.02. The third-order valence-electron chi connectivity index (χ3n) is 6.93. The molecule has 0 spiro atoms. The van der Waals surface area contributed by atoms with Crippen LogP contribution in [-0.2, 0) is 6.42 Å².